The molecule has 0 spiro atoms. The number of hydrogen-bond acceptors (Lipinski definition) is 3. The molecular formula is C15H11ClF2O3. The standard InChI is InChI=1S/C15H11ClF2O3/c16-13-5-11(17)1-2-14(13)20-7-10-4-12(18)3-9-6-19-8-21-15(9)10/h1-5H,6-8H2. The van der Waals surface area contributed by atoms with Gasteiger partial charge in [-0.05, 0) is 30.3 Å². The molecule has 1 aliphatic rings. The molecule has 1 heterocycles. The zero-order chi connectivity index (χ0) is 14.8. The fraction of sp³-hybridized carbons (Fsp3) is 0.200. The van der Waals surface area contributed by atoms with Gasteiger partial charge in [0.2, 0.25) is 0 Å². The Kier molecular flexibility index (Phi) is 3.94. The van der Waals surface area contributed by atoms with Crippen molar-refractivity contribution in [3.8, 4) is 11.5 Å². The van der Waals surface area contributed by atoms with Gasteiger partial charge >= 0.3 is 0 Å². The molecule has 110 valence electrons. The first kappa shape index (κ1) is 14.1. The zero-order valence-electron chi connectivity index (χ0n) is 10.9. The highest BCUT2D eigenvalue weighted by Gasteiger charge is 2.17. The molecule has 2 aromatic carbocycles. The maximum atomic E-state index is 13.6. The first-order chi connectivity index (χ1) is 10.1. The maximum absolute atomic E-state index is 13.6. The van der Waals surface area contributed by atoms with Crippen LogP contribution >= 0.6 is 11.6 Å². The van der Waals surface area contributed by atoms with Gasteiger partial charge in [0.15, 0.2) is 6.79 Å². The lowest BCUT2D eigenvalue weighted by Crippen LogP contribution is -2.14. The lowest BCUT2D eigenvalue weighted by Gasteiger charge is -2.21. The molecule has 0 atom stereocenters. The number of fused-ring (bicyclic) bond motifs is 1. The van der Waals surface area contributed by atoms with Crippen LogP contribution in [0.1, 0.15) is 11.1 Å². The molecule has 1 aliphatic heterocycles. The summed E-state index contributed by atoms with van der Waals surface area (Å²) in [4.78, 5) is 0. The summed E-state index contributed by atoms with van der Waals surface area (Å²) >= 11 is 5.88. The third-order valence-electron chi connectivity index (χ3n) is 3.03. The topological polar surface area (TPSA) is 27.7 Å². The van der Waals surface area contributed by atoms with Crippen LogP contribution in [0.25, 0.3) is 0 Å². The van der Waals surface area contributed by atoms with Crippen molar-refractivity contribution in [1.82, 2.24) is 0 Å². The van der Waals surface area contributed by atoms with Gasteiger partial charge in [0.1, 0.15) is 29.7 Å². The highest BCUT2D eigenvalue weighted by molar-refractivity contribution is 6.32. The van der Waals surface area contributed by atoms with Crippen molar-refractivity contribution in [2.45, 2.75) is 13.2 Å². The van der Waals surface area contributed by atoms with E-state index in [-0.39, 0.29) is 25.0 Å². The molecule has 2 aromatic rings. The first-order valence-corrected chi connectivity index (χ1v) is 6.61. The summed E-state index contributed by atoms with van der Waals surface area (Å²) in [6.07, 6.45) is 0. The zero-order valence-corrected chi connectivity index (χ0v) is 11.6. The molecule has 0 radical (unpaired) electrons. The lowest BCUT2D eigenvalue weighted by atomic mass is 10.1. The Morgan fingerprint density at radius 1 is 1.14 bits per heavy atom. The summed E-state index contributed by atoms with van der Waals surface area (Å²) in [5.41, 5.74) is 1.18. The van der Waals surface area contributed by atoms with Gasteiger partial charge in [-0.25, -0.2) is 8.78 Å². The second-order valence-corrected chi connectivity index (χ2v) is 4.93. The second kappa shape index (κ2) is 5.87. The van der Waals surface area contributed by atoms with Crippen molar-refractivity contribution in [1.29, 1.82) is 0 Å². The Hall–Kier alpha value is -1.85. The molecule has 6 heteroatoms. The quantitative estimate of drug-likeness (QED) is 0.855. The predicted molar refractivity (Wildman–Crippen MR) is 72.4 cm³/mol. The van der Waals surface area contributed by atoms with Crippen LogP contribution in [0.3, 0.4) is 0 Å². The van der Waals surface area contributed by atoms with Crippen LogP contribution in [0.2, 0.25) is 5.02 Å². The molecule has 3 rings (SSSR count). The molecule has 0 aliphatic carbocycles. The maximum Gasteiger partial charge on any atom is 0.189 e. The van der Waals surface area contributed by atoms with E-state index in [1.807, 2.05) is 0 Å². The Bertz CT molecular complexity index is 676. The van der Waals surface area contributed by atoms with Crippen LogP contribution in [-0.4, -0.2) is 6.79 Å². The van der Waals surface area contributed by atoms with Crippen molar-refractivity contribution in [3.63, 3.8) is 0 Å². The SMILES string of the molecule is Fc1ccc(OCc2cc(F)cc3c2OCOC3)c(Cl)c1. The Morgan fingerprint density at radius 2 is 2.00 bits per heavy atom. The molecule has 21 heavy (non-hydrogen) atoms. The average Bonchev–Trinajstić information content (AvgIpc) is 2.46. The van der Waals surface area contributed by atoms with E-state index in [0.29, 0.717) is 22.6 Å². The van der Waals surface area contributed by atoms with Gasteiger partial charge < -0.3 is 14.2 Å². The lowest BCUT2D eigenvalue weighted by molar-refractivity contribution is -0.0178. The van der Waals surface area contributed by atoms with E-state index in [9.17, 15) is 8.78 Å². The van der Waals surface area contributed by atoms with Crippen LogP contribution in [0, 0.1) is 11.6 Å². The van der Waals surface area contributed by atoms with E-state index in [1.54, 1.807) is 0 Å². The van der Waals surface area contributed by atoms with Crippen LogP contribution in [0.4, 0.5) is 8.78 Å². The number of halogens is 3. The van der Waals surface area contributed by atoms with Gasteiger partial charge in [-0.1, -0.05) is 11.6 Å². The van der Waals surface area contributed by atoms with Crippen LogP contribution in [0.15, 0.2) is 30.3 Å². The Balaban J connectivity index is 1.83. The molecule has 0 bridgehead atoms. The largest absolute Gasteiger partial charge is 0.487 e. The number of rotatable bonds is 3. The van der Waals surface area contributed by atoms with E-state index >= 15 is 0 Å². The fourth-order valence-electron chi connectivity index (χ4n) is 2.11. The predicted octanol–water partition coefficient (Wildman–Crippen LogP) is 4.06. The molecule has 0 fully saturated rings. The summed E-state index contributed by atoms with van der Waals surface area (Å²) in [7, 11) is 0. The smallest absolute Gasteiger partial charge is 0.189 e. The van der Waals surface area contributed by atoms with Crippen molar-refractivity contribution >= 4 is 11.6 Å². The van der Waals surface area contributed by atoms with Gasteiger partial charge in [-0.3, -0.25) is 0 Å². The summed E-state index contributed by atoms with van der Waals surface area (Å²) in [6.45, 7) is 0.464. The monoisotopic (exact) mass is 312 g/mol. The minimum absolute atomic E-state index is 0.0610. The molecule has 0 aromatic heterocycles. The molecule has 0 saturated heterocycles. The normalized spacial score (nSPS) is 13.5. The summed E-state index contributed by atoms with van der Waals surface area (Å²) in [5, 5.41) is 0.157. The second-order valence-electron chi connectivity index (χ2n) is 4.53. The van der Waals surface area contributed by atoms with Gasteiger partial charge in [0, 0.05) is 11.1 Å². The van der Waals surface area contributed by atoms with E-state index in [4.69, 9.17) is 25.8 Å². The van der Waals surface area contributed by atoms with Gasteiger partial charge in [0.05, 0.1) is 11.6 Å². The first-order valence-electron chi connectivity index (χ1n) is 6.23. The number of hydrogen-bond donors (Lipinski definition) is 0. The van der Waals surface area contributed by atoms with E-state index in [1.165, 1.54) is 24.3 Å². The average molecular weight is 313 g/mol. The molecule has 0 amide bonds. The van der Waals surface area contributed by atoms with E-state index < -0.39 is 11.6 Å². The summed E-state index contributed by atoms with van der Waals surface area (Å²) in [5.74, 6) is 0.0339. The Morgan fingerprint density at radius 3 is 2.81 bits per heavy atom. The molecule has 0 N–H and O–H groups in total. The van der Waals surface area contributed by atoms with Gasteiger partial charge in [-0.15, -0.1) is 0 Å². The van der Waals surface area contributed by atoms with Crippen molar-refractivity contribution in [2.24, 2.45) is 0 Å². The fourth-order valence-corrected chi connectivity index (χ4v) is 2.33. The van der Waals surface area contributed by atoms with Crippen LogP contribution in [0.5, 0.6) is 11.5 Å². The summed E-state index contributed by atoms with van der Waals surface area (Å²) in [6, 6.07) is 6.52. The number of ether oxygens (including phenoxy) is 3. The van der Waals surface area contributed by atoms with Crippen LogP contribution in [-0.2, 0) is 18.0 Å². The van der Waals surface area contributed by atoms with Crippen molar-refractivity contribution < 1.29 is 23.0 Å². The van der Waals surface area contributed by atoms with Crippen LogP contribution < -0.4 is 9.47 Å². The molecule has 0 unspecified atom stereocenters. The minimum atomic E-state index is -0.448. The molecule has 0 saturated carbocycles. The molecule has 3 nitrogen and oxygen atoms in total. The summed E-state index contributed by atoms with van der Waals surface area (Å²) < 4.78 is 42.5. The van der Waals surface area contributed by atoms with Gasteiger partial charge in [-0.2, -0.15) is 0 Å². The minimum Gasteiger partial charge on any atom is -0.487 e. The van der Waals surface area contributed by atoms with Gasteiger partial charge in [0.25, 0.3) is 0 Å². The van der Waals surface area contributed by atoms with E-state index in [2.05, 4.69) is 0 Å². The van der Waals surface area contributed by atoms with Crippen molar-refractivity contribution in [3.05, 3.63) is 58.1 Å². The third-order valence-corrected chi connectivity index (χ3v) is 3.32. The third kappa shape index (κ3) is 3.09. The molecular weight excluding hydrogens is 302 g/mol. The van der Waals surface area contributed by atoms with E-state index in [0.717, 1.165) is 6.07 Å². The van der Waals surface area contributed by atoms with Crippen molar-refractivity contribution in [2.75, 3.05) is 6.79 Å². The number of benzene rings is 2. The Labute approximate surface area is 125 Å². The highest BCUT2D eigenvalue weighted by atomic mass is 35.5. The highest BCUT2D eigenvalue weighted by Crippen LogP contribution is 2.31.